The first-order chi connectivity index (χ1) is 12.1. The fourth-order valence-corrected chi connectivity index (χ4v) is 2.47. The minimum absolute atomic E-state index is 0.115. The number of carbonyl (C=O) groups is 2. The van der Waals surface area contributed by atoms with Crippen LogP contribution in [0.1, 0.15) is 23.0 Å². The number of rotatable bonds is 5. The fourth-order valence-electron chi connectivity index (χ4n) is 2.47. The molecule has 128 valence electrons. The third-order valence-corrected chi connectivity index (χ3v) is 3.76. The molecule has 2 heterocycles. The maximum atomic E-state index is 12.6. The van der Waals surface area contributed by atoms with Gasteiger partial charge in [-0.3, -0.25) is 9.59 Å². The topological polar surface area (TPSA) is 97.8 Å². The molecular formula is C18H18N4O3. The molecule has 7 nitrogen and oxygen atoms in total. The lowest BCUT2D eigenvalue weighted by Crippen LogP contribution is -2.26. The Kier molecular flexibility index (Phi) is 4.76. The van der Waals surface area contributed by atoms with Crippen LogP contribution in [0, 0.1) is 0 Å². The molecule has 1 aliphatic heterocycles. The minimum atomic E-state index is -0.277. The van der Waals surface area contributed by atoms with Gasteiger partial charge in [0.2, 0.25) is 0 Å². The van der Waals surface area contributed by atoms with Crippen molar-refractivity contribution in [3.8, 4) is 0 Å². The van der Waals surface area contributed by atoms with Gasteiger partial charge in [-0.05, 0) is 49.4 Å². The summed E-state index contributed by atoms with van der Waals surface area (Å²) in [7, 11) is 0. The number of aliphatic hydroxyl groups excluding tert-OH is 1. The highest BCUT2D eigenvalue weighted by Gasteiger charge is 2.28. The summed E-state index contributed by atoms with van der Waals surface area (Å²) in [6.45, 7) is 1.86. The predicted octanol–water partition coefficient (Wildman–Crippen LogP) is 1.54. The number of benzene rings is 1. The van der Waals surface area contributed by atoms with E-state index in [9.17, 15) is 9.59 Å². The van der Waals surface area contributed by atoms with E-state index in [2.05, 4.69) is 15.4 Å². The maximum Gasteiger partial charge on any atom is 0.280 e. The van der Waals surface area contributed by atoms with Crippen molar-refractivity contribution in [1.29, 1.82) is 0 Å². The molecular weight excluding hydrogens is 320 g/mol. The third kappa shape index (κ3) is 3.51. The predicted molar refractivity (Wildman–Crippen MR) is 95.2 cm³/mol. The molecule has 7 heteroatoms. The Morgan fingerprint density at radius 2 is 2.08 bits per heavy atom. The molecule has 1 aliphatic rings. The number of H-pyrrole nitrogens is 1. The van der Waals surface area contributed by atoms with Gasteiger partial charge in [-0.25, -0.2) is 0 Å². The molecule has 2 aromatic rings. The number of hydrazone groups is 1. The summed E-state index contributed by atoms with van der Waals surface area (Å²) in [6.07, 6.45) is 3.55. The van der Waals surface area contributed by atoms with Gasteiger partial charge in [-0.15, -0.1) is 0 Å². The van der Waals surface area contributed by atoms with Gasteiger partial charge in [0.05, 0.1) is 23.6 Å². The average molecular weight is 338 g/mol. The van der Waals surface area contributed by atoms with Gasteiger partial charge >= 0.3 is 0 Å². The quantitative estimate of drug-likeness (QED) is 0.721. The molecule has 3 rings (SSSR count). The lowest BCUT2D eigenvalue weighted by atomic mass is 10.1. The van der Waals surface area contributed by atoms with Crippen molar-refractivity contribution in [3.63, 3.8) is 0 Å². The van der Waals surface area contributed by atoms with Crippen molar-refractivity contribution in [3.05, 3.63) is 59.4 Å². The van der Waals surface area contributed by atoms with Gasteiger partial charge in [0.25, 0.3) is 11.8 Å². The first-order valence-corrected chi connectivity index (χ1v) is 7.84. The summed E-state index contributed by atoms with van der Waals surface area (Å²) in [5.41, 5.74) is 3.01. The van der Waals surface area contributed by atoms with Gasteiger partial charge in [0.15, 0.2) is 0 Å². The van der Waals surface area contributed by atoms with Crippen LogP contribution in [-0.4, -0.2) is 40.8 Å². The zero-order chi connectivity index (χ0) is 17.8. The van der Waals surface area contributed by atoms with Crippen LogP contribution >= 0.6 is 0 Å². The molecule has 0 aliphatic carbocycles. The number of anilines is 1. The number of nitrogens with one attached hydrogen (secondary N) is 2. The Hall–Kier alpha value is -3.19. The second-order valence-corrected chi connectivity index (χ2v) is 5.51. The lowest BCUT2D eigenvalue weighted by molar-refractivity contribution is -0.114. The van der Waals surface area contributed by atoms with Crippen molar-refractivity contribution in [1.82, 2.24) is 10.3 Å². The van der Waals surface area contributed by atoms with Gasteiger partial charge < -0.3 is 15.4 Å². The normalized spacial score (nSPS) is 15.6. The van der Waals surface area contributed by atoms with Crippen LogP contribution in [0.25, 0.3) is 6.08 Å². The Bertz CT molecular complexity index is 836. The van der Waals surface area contributed by atoms with E-state index in [1.165, 1.54) is 5.01 Å². The minimum Gasteiger partial charge on any atom is -0.395 e. The smallest absolute Gasteiger partial charge is 0.280 e. The fraction of sp³-hybridized carbons (Fsp3) is 0.167. The van der Waals surface area contributed by atoms with Crippen molar-refractivity contribution in [2.24, 2.45) is 5.10 Å². The Morgan fingerprint density at radius 3 is 2.72 bits per heavy atom. The summed E-state index contributed by atoms with van der Waals surface area (Å²) in [6, 6.07) is 10.3. The van der Waals surface area contributed by atoms with Crippen LogP contribution in [0.15, 0.2) is 53.3 Å². The van der Waals surface area contributed by atoms with Gasteiger partial charge in [0, 0.05) is 24.0 Å². The number of aromatic amines is 1. The van der Waals surface area contributed by atoms with Crippen molar-refractivity contribution in [2.45, 2.75) is 6.92 Å². The summed E-state index contributed by atoms with van der Waals surface area (Å²) >= 11 is 0. The number of aliphatic hydroxyl groups is 1. The van der Waals surface area contributed by atoms with Gasteiger partial charge in [0.1, 0.15) is 0 Å². The number of carbonyl (C=O) groups excluding carboxylic acids is 2. The molecule has 25 heavy (non-hydrogen) atoms. The SMILES string of the molecule is CC1=NN(c2ccc(C(=O)NCCO)cc2)C(=O)/C1=C\c1ccc[nH]1. The molecule has 1 aromatic heterocycles. The van der Waals surface area contributed by atoms with Crippen molar-refractivity contribution in [2.75, 3.05) is 18.2 Å². The van der Waals surface area contributed by atoms with E-state index in [1.807, 2.05) is 12.1 Å². The third-order valence-electron chi connectivity index (χ3n) is 3.76. The molecule has 0 saturated heterocycles. The lowest BCUT2D eigenvalue weighted by Gasteiger charge is -2.12. The molecule has 0 fully saturated rings. The van der Waals surface area contributed by atoms with Crippen LogP contribution in [0.3, 0.4) is 0 Å². The van der Waals surface area contributed by atoms with Crippen LogP contribution in [0.4, 0.5) is 5.69 Å². The summed E-state index contributed by atoms with van der Waals surface area (Å²) in [5, 5.41) is 16.9. The van der Waals surface area contributed by atoms with E-state index < -0.39 is 0 Å². The average Bonchev–Trinajstić information content (AvgIpc) is 3.23. The number of aromatic nitrogens is 1. The molecule has 2 amide bonds. The molecule has 3 N–H and O–H groups in total. The van der Waals surface area contributed by atoms with E-state index in [4.69, 9.17) is 5.11 Å². The largest absolute Gasteiger partial charge is 0.395 e. The van der Waals surface area contributed by atoms with E-state index in [1.54, 1.807) is 43.5 Å². The van der Waals surface area contributed by atoms with E-state index >= 15 is 0 Å². The van der Waals surface area contributed by atoms with E-state index in [0.29, 0.717) is 22.5 Å². The summed E-state index contributed by atoms with van der Waals surface area (Å²) in [4.78, 5) is 27.5. The number of amides is 2. The highest BCUT2D eigenvalue weighted by molar-refractivity contribution is 6.32. The highest BCUT2D eigenvalue weighted by Crippen LogP contribution is 2.25. The van der Waals surface area contributed by atoms with Crippen LogP contribution in [0.2, 0.25) is 0 Å². The summed E-state index contributed by atoms with van der Waals surface area (Å²) in [5.74, 6) is -0.495. The molecule has 1 aromatic carbocycles. The zero-order valence-electron chi connectivity index (χ0n) is 13.7. The number of hydrogen-bond donors (Lipinski definition) is 3. The standard InChI is InChI=1S/C18H18N4O3/c1-12-16(11-14-3-2-8-19-14)18(25)22(21-12)15-6-4-13(5-7-15)17(24)20-9-10-23/h2-8,11,19,23H,9-10H2,1H3,(H,20,24)/b16-11-. The molecule has 0 spiro atoms. The van der Waals surface area contributed by atoms with Gasteiger partial charge in [-0.1, -0.05) is 0 Å². The highest BCUT2D eigenvalue weighted by atomic mass is 16.3. The molecule has 0 unspecified atom stereocenters. The molecule has 0 saturated carbocycles. The Morgan fingerprint density at radius 1 is 1.32 bits per heavy atom. The van der Waals surface area contributed by atoms with Crippen molar-refractivity contribution < 1.29 is 14.7 Å². The molecule has 0 bridgehead atoms. The first-order valence-electron chi connectivity index (χ1n) is 7.84. The summed E-state index contributed by atoms with van der Waals surface area (Å²) < 4.78 is 0. The Balaban J connectivity index is 1.79. The second-order valence-electron chi connectivity index (χ2n) is 5.51. The first kappa shape index (κ1) is 16.7. The Labute approximate surface area is 144 Å². The zero-order valence-corrected chi connectivity index (χ0v) is 13.7. The van der Waals surface area contributed by atoms with Crippen LogP contribution < -0.4 is 10.3 Å². The second kappa shape index (κ2) is 7.14. The number of nitrogens with zero attached hydrogens (tertiary/aromatic N) is 2. The van der Waals surface area contributed by atoms with Crippen LogP contribution in [-0.2, 0) is 4.79 Å². The monoisotopic (exact) mass is 338 g/mol. The van der Waals surface area contributed by atoms with E-state index in [-0.39, 0.29) is 25.0 Å². The van der Waals surface area contributed by atoms with Gasteiger partial charge in [-0.2, -0.15) is 10.1 Å². The maximum absolute atomic E-state index is 12.6. The van der Waals surface area contributed by atoms with E-state index in [0.717, 1.165) is 5.69 Å². The van der Waals surface area contributed by atoms with Crippen LogP contribution in [0.5, 0.6) is 0 Å². The molecule has 0 atom stereocenters. The van der Waals surface area contributed by atoms with Crippen molar-refractivity contribution >= 4 is 29.3 Å². The number of hydrogen-bond acceptors (Lipinski definition) is 4. The molecule has 0 radical (unpaired) electrons.